The third-order valence-corrected chi connectivity index (χ3v) is 7.39. The number of carbonyl (C=O) groups is 3. The first kappa shape index (κ1) is 26.9. The van der Waals surface area contributed by atoms with Crippen molar-refractivity contribution in [3.05, 3.63) is 50.9 Å². The van der Waals surface area contributed by atoms with Crippen molar-refractivity contribution in [1.82, 2.24) is 4.90 Å². The summed E-state index contributed by atoms with van der Waals surface area (Å²) in [5.74, 6) is -8.29. The molecule has 0 fully saturated rings. The summed E-state index contributed by atoms with van der Waals surface area (Å²) in [5, 5.41) is 55.3. The Morgan fingerprint density at radius 1 is 1.18 bits per heavy atom. The molecule has 10 nitrogen and oxygen atoms in total. The number of aliphatic hydroxyl groups excluding tert-OH is 2. The fourth-order valence-corrected chi connectivity index (χ4v) is 5.93. The quantitative estimate of drug-likeness (QED) is 0.221. The summed E-state index contributed by atoms with van der Waals surface area (Å²) in [7, 11) is 3.03. The monoisotopic (exact) mass is 520 g/mol. The van der Waals surface area contributed by atoms with Crippen LogP contribution in [0.25, 0.3) is 0 Å². The molecule has 0 aromatic heterocycles. The van der Waals surface area contributed by atoms with Crippen LogP contribution in [0.1, 0.15) is 29.3 Å². The Labute approximate surface area is 229 Å². The molecule has 0 aliphatic heterocycles. The number of phenols is 1. The van der Waals surface area contributed by atoms with Crippen LogP contribution in [0.15, 0.2) is 34.8 Å². The number of ketones is 2. The Morgan fingerprint density at radius 2 is 1.76 bits per heavy atom. The number of nitrogens with two attached hydrogens (primary N) is 1. The van der Waals surface area contributed by atoms with E-state index < -0.39 is 75.0 Å². The van der Waals surface area contributed by atoms with Crippen LogP contribution < -0.4 is 5.73 Å². The van der Waals surface area contributed by atoms with E-state index >= 15 is 0 Å². The summed E-state index contributed by atoms with van der Waals surface area (Å²) in [6.07, 6.45) is -0.259. The molecule has 0 saturated carbocycles. The second-order valence-corrected chi connectivity index (χ2v) is 9.49. The molecular weight excluding hydrogens is 496 g/mol. The van der Waals surface area contributed by atoms with Gasteiger partial charge in [-0.25, -0.2) is 0 Å². The fraction of sp³-hybridized carbons (Fsp3) is 0.409. The zero-order valence-electron chi connectivity index (χ0n) is 18.0. The van der Waals surface area contributed by atoms with Gasteiger partial charge in [-0.1, -0.05) is 11.6 Å². The first-order chi connectivity index (χ1) is 15.2. The normalized spacial score (nSPS) is 32.7. The number of rotatable bonds is 2. The van der Waals surface area contributed by atoms with Gasteiger partial charge in [-0.2, -0.15) is 0 Å². The summed E-state index contributed by atoms with van der Waals surface area (Å²) in [5.41, 5.74) is -1.21. The first-order valence-electron chi connectivity index (χ1n) is 10.1. The van der Waals surface area contributed by atoms with E-state index in [1.165, 1.54) is 32.0 Å². The van der Waals surface area contributed by atoms with Crippen LogP contribution in [0.3, 0.4) is 0 Å². The van der Waals surface area contributed by atoms with Gasteiger partial charge in [-0.05, 0) is 39.6 Å². The van der Waals surface area contributed by atoms with Gasteiger partial charge in [-0.15, -0.1) is 0 Å². The van der Waals surface area contributed by atoms with Crippen molar-refractivity contribution < 1.29 is 39.9 Å². The number of carbonyl (C=O) groups excluding carboxylic acids is 3. The summed E-state index contributed by atoms with van der Waals surface area (Å²) in [6.45, 7) is 1.34. The average molecular weight is 521 g/mol. The molecule has 34 heavy (non-hydrogen) atoms. The average Bonchev–Trinajstić information content (AvgIpc) is 2.69. The number of hydrogen-bond donors (Lipinski definition) is 6. The molecule has 5 atom stereocenters. The molecule has 180 valence electrons. The van der Waals surface area contributed by atoms with Crippen molar-refractivity contribution in [2.75, 3.05) is 14.1 Å². The molecule has 0 bridgehead atoms. The molecule has 12 heteroatoms. The molecule has 0 heterocycles. The van der Waals surface area contributed by atoms with E-state index in [1.807, 2.05) is 0 Å². The van der Waals surface area contributed by atoms with E-state index in [2.05, 4.69) is 0 Å². The van der Waals surface area contributed by atoms with Gasteiger partial charge in [0.2, 0.25) is 5.78 Å². The Hall–Kier alpha value is -1.66. The second-order valence-electron chi connectivity index (χ2n) is 9.08. The number of fused-ring (bicyclic) bond motifs is 3. The van der Waals surface area contributed by atoms with Crippen LogP contribution >= 0.6 is 11.6 Å². The Kier molecular flexibility index (Phi) is 6.71. The van der Waals surface area contributed by atoms with E-state index in [0.29, 0.717) is 0 Å². The van der Waals surface area contributed by atoms with E-state index in [-0.39, 0.29) is 60.3 Å². The predicted molar refractivity (Wildman–Crippen MR) is 123 cm³/mol. The number of amides is 1. The third kappa shape index (κ3) is 3.27. The molecule has 3 aliphatic carbocycles. The molecule has 0 spiro atoms. The molecule has 0 unspecified atom stereocenters. The molecule has 3 aliphatic rings. The predicted octanol–water partition coefficient (Wildman–Crippen LogP) is -0.477. The molecule has 4 rings (SSSR count). The van der Waals surface area contributed by atoms with Crippen molar-refractivity contribution >= 4 is 66.8 Å². The van der Waals surface area contributed by atoms with Gasteiger partial charge in [0.1, 0.15) is 22.8 Å². The van der Waals surface area contributed by atoms with E-state index in [0.717, 1.165) is 6.07 Å². The standard InChI is InChI=1S/C22H23ClN2O8.Ca.2H/c1-21(32)7-6-8-15(25(2)3)17(28)13(20(24)31)19(30)22(8,33)18(29)11(7)16(27)12-10(26)5-4-9(23)14(12)21;;;/h4-5,7-8,15,26,28-29,32-33H,6H2,1-3H3,(H2,24,31);;;/t7-,8-,15-,21-,22-;;;/m0.../s1. The molecule has 1 aromatic rings. The van der Waals surface area contributed by atoms with Crippen molar-refractivity contribution in [3.63, 3.8) is 0 Å². The van der Waals surface area contributed by atoms with Gasteiger partial charge in [0, 0.05) is 28.0 Å². The summed E-state index contributed by atoms with van der Waals surface area (Å²) in [4.78, 5) is 40.0. The maximum atomic E-state index is 13.4. The molecular formula is C22H25CaClN2O8. The van der Waals surface area contributed by atoms with Crippen LogP contribution in [-0.2, 0) is 15.2 Å². The number of likely N-dealkylation sites (N-methyl/N-ethyl adjacent to an activating group) is 1. The number of aromatic hydroxyl groups is 1. The van der Waals surface area contributed by atoms with Crippen LogP contribution in [0.5, 0.6) is 5.75 Å². The van der Waals surface area contributed by atoms with Crippen molar-refractivity contribution in [3.8, 4) is 5.75 Å². The molecule has 0 radical (unpaired) electrons. The van der Waals surface area contributed by atoms with Crippen molar-refractivity contribution in [1.29, 1.82) is 0 Å². The number of halogens is 1. The van der Waals surface area contributed by atoms with Gasteiger partial charge >= 0.3 is 37.7 Å². The molecule has 1 aromatic carbocycles. The number of benzene rings is 1. The third-order valence-electron chi connectivity index (χ3n) is 7.07. The topological polar surface area (TPSA) is 182 Å². The van der Waals surface area contributed by atoms with Crippen molar-refractivity contribution in [2.24, 2.45) is 17.6 Å². The number of nitrogens with zero attached hydrogens (tertiary/aromatic N) is 1. The van der Waals surface area contributed by atoms with Crippen molar-refractivity contribution in [2.45, 2.75) is 30.6 Å². The zero-order valence-corrected chi connectivity index (χ0v) is 18.7. The van der Waals surface area contributed by atoms with Gasteiger partial charge in [0.25, 0.3) is 5.91 Å². The number of phenolic OH excluding ortho intramolecular Hbond substituents is 1. The minimum atomic E-state index is -2.78. The fourth-order valence-electron chi connectivity index (χ4n) is 5.59. The Balaban J connectivity index is 0.00000324. The van der Waals surface area contributed by atoms with Gasteiger partial charge in [-0.3, -0.25) is 19.3 Å². The summed E-state index contributed by atoms with van der Waals surface area (Å²) in [6, 6.07) is 1.30. The van der Waals surface area contributed by atoms with E-state index in [1.54, 1.807) is 0 Å². The zero-order chi connectivity index (χ0) is 24.8. The summed E-state index contributed by atoms with van der Waals surface area (Å²) >= 11 is 6.26. The van der Waals surface area contributed by atoms with E-state index in [4.69, 9.17) is 17.3 Å². The second kappa shape index (κ2) is 8.48. The van der Waals surface area contributed by atoms with Gasteiger partial charge < -0.3 is 31.3 Å². The Morgan fingerprint density at radius 3 is 2.29 bits per heavy atom. The number of hydrogen-bond acceptors (Lipinski definition) is 9. The first-order valence-corrected chi connectivity index (χ1v) is 10.5. The number of primary amides is 1. The number of aliphatic hydroxyl groups is 4. The van der Waals surface area contributed by atoms with Gasteiger partial charge in [0.15, 0.2) is 11.4 Å². The number of Topliss-reactive ketones (excluding diaryl/α,β-unsaturated/α-hetero) is 2. The van der Waals surface area contributed by atoms with Gasteiger partial charge in [0.05, 0.1) is 17.2 Å². The van der Waals surface area contributed by atoms with Crippen LogP contribution in [0.2, 0.25) is 5.02 Å². The molecule has 1 amide bonds. The van der Waals surface area contributed by atoms with Crippen LogP contribution in [0.4, 0.5) is 0 Å². The summed E-state index contributed by atoms with van der Waals surface area (Å²) < 4.78 is 0. The molecule has 7 N–H and O–H groups in total. The molecule has 0 saturated heterocycles. The van der Waals surface area contributed by atoms with Crippen LogP contribution in [-0.4, -0.2) is 111 Å². The van der Waals surface area contributed by atoms with E-state index in [9.17, 15) is 39.9 Å². The van der Waals surface area contributed by atoms with Crippen LogP contribution in [0, 0.1) is 11.8 Å². The SMILES string of the molecule is CN(C)[C@@H]1C(O)=C(C(N)=O)C(=O)[C@@]2(O)C(O)=C3C(=O)c4c(O)ccc(Cl)c4[C@@](C)(O)[C@H]3C[C@@H]12.[CaH2]. The minimum absolute atomic E-state index is 0. The maximum absolute atomic E-state index is 13.4. The Bertz CT molecular complexity index is 1210.